The van der Waals surface area contributed by atoms with Crippen molar-refractivity contribution in [2.75, 3.05) is 22.9 Å². The zero-order chi connectivity index (χ0) is 22.4. The third kappa shape index (κ3) is 6.31. The van der Waals surface area contributed by atoms with E-state index in [9.17, 15) is 14.4 Å². The van der Waals surface area contributed by atoms with Gasteiger partial charge in [-0.25, -0.2) is 0 Å². The van der Waals surface area contributed by atoms with Crippen molar-refractivity contribution in [3.05, 3.63) is 41.7 Å². The Kier molecular flexibility index (Phi) is 7.69. The number of nitrogens with two attached hydrogens (primary N) is 1. The molecule has 0 saturated carbocycles. The summed E-state index contributed by atoms with van der Waals surface area (Å²) in [6, 6.07) is 8.85. The highest BCUT2D eigenvalue weighted by Crippen LogP contribution is 2.24. The number of amides is 3. The van der Waals surface area contributed by atoms with Gasteiger partial charge in [0.15, 0.2) is 5.82 Å². The normalized spacial score (nSPS) is 17.3. The van der Waals surface area contributed by atoms with Crippen LogP contribution in [0.3, 0.4) is 0 Å². The largest absolute Gasteiger partial charge is 0.368 e. The van der Waals surface area contributed by atoms with Crippen molar-refractivity contribution < 1.29 is 18.9 Å². The SMILES string of the molecule is Cc1cc(NC(=O)C(C)SCC(=O)Nc2ccccc2CN2CCCC2C(N)=O)no1. The number of carbonyl (C=O) groups excluding carboxylic acids is 3. The molecular weight excluding hydrogens is 418 g/mol. The molecule has 0 bridgehead atoms. The zero-order valence-corrected chi connectivity index (χ0v) is 18.4. The van der Waals surface area contributed by atoms with Gasteiger partial charge in [-0.2, -0.15) is 0 Å². The van der Waals surface area contributed by atoms with E-state index in [-0.39, 0.29) is 29.5 Å². The standard InChI is InChI=1S/C21H27N5O4S/c1-13-10-18(25-30-13)24-21(29)14(2)31-12-19(27)23-16-7-4-3-6-15(16)11-26-9-5-8-17(26)20(22)28/h3-4,6-7,10,14,17H,5,8-9,11-12H2,1-2H3,(H2,22,28)(H,23,27)(H,24,25,29). The molecule has 1 aliphatic heterocycles. The van der Waals surface area contributed by atoms with E-state index in [1.165, 1.54) is 11.8 Å². The van der Waals surface area contributed by atoms with Gasteiger partial charge in [0.1, 0.15) is 5.76 Å². The number of carbonyl (C=O) groups is 3. The van der Waals surface area contributed by atoms with Crippen molar-refractivity contribution in [3.63, 3.8) is 0 Å². The average Bonchev–Trinajstić information content (AvgIpc) is 3.36. The lowest BCUT2D eigenvalue weighted by Crippen LogP contribution is -2.39. The summed E-state index contributed by atoms with van der Waals surface area (Å²) in [6.07, 6.45) is 1.68. The fourth-order valence-corrected chi connectivity index (χ4v) is 4.14. The molecule has 1 fully saturated rings. The Bertz CT molecular complexity index is 947. The highest BCUT2D eigenvalue weighted by Gasteiger charge is 2.29. The minimum atomic E-state index is -0.445. The van der Waals surface area contributed by atoms with Crippen molar-refractivity contribution >= 4 is 41.0 Å². The number of anilines is 2. The van der Waals surface area contributed by atoms with Gasteiger partial charge in [0.25, 0.3) is 0 Å². The lowest BCUT2D eigenvalue weighted by molar-refractivity contribution is -0.122. The monoisotopic (exact) mass is 445 g/mol. The molecule has 0 spiro atoms. The maximum Gasteiger partial charge on any atom is 0.238 e. The first-order valence-electron chi connectivity index (χ1n) is 10.1. The van der Waals surface area contributed by atoms with Crippen molar-refractivity contribution in [2.24, 2.45) is 5.73 Å². The third-order valence-corrected chi connectivity index (χ3v) is 6.21. The van der Waals surface area contributed by atoms with E-state index in [2.05, 4.69) is 15.8 Å². The number of primary amides is 1. The van der Waals surface area contributed by atoms with Crippen LogP contribution in [0.5, 0.6) is 0 Å². The van der Waals surface area contributed by atoms with Gasteiger partial charge in [0.2, 0.25) is 17.7 Å². The number of hydrogen-bond acceptors (Lipinski definition) is 7. The number of nitrogens with zero attached hydrogens (tertiary/aromatic N) is 2. The van der Waals surface area contributed by atoms with Gasteiger partial charge in [-0.1, -0.05) is 23.4 Å². The van der Waals surface area contributed by atoms with Crippen molar-refractivity contribution in [1.29, 1.82) is 0 Å². The molecule has 2 atom stereocenters. The molecule has 166 valence electrons. The van der Waals surface area contributed by atoms with E-state index in [1.807, 2.05) is 29.2 Å². The van der Waals surface area contributed by atoms with E-state index in [0.717, 1.165) is 24.9 Å². The van der Waals surface area contributed by atoms with Crippen LogP contribution in [0.1, 0.15) is 31.1 Å². The summed E-state index contributed by atoms with van der Waals surface area (Å²) in [5.74, 6) is 0.298. The number of benzene rings is 1. The Morgan fingerprint density at radius 2 is 2.10 bits per heavy atom. The van der Waals surface area contributed by atoms with Crippen LogP contribution in [0.4, 0.5) is 11.5 Å². The van der Waals surface area contributed by atoms with Crippen molar-refractivity contribution in [2.45, 2.75) is 44.5 Å². The summed E-state index contributed by atoms with van der Waals surface area (Å²) in [7, 11) is 0. The lowest BCUT2D eigenvalue weighted by atomic mass is 10.1. The predicted molar refractivity (Wildman–Crippen MR) is 119 cm³/mol. The van der Waals surface area contributed by atoms with Gasteiger partial charge in [-0.15, -0.1) is 11.8 Å². The molecule has 3 rings (SSSR count). The van der Waals surface area contributed by atoms with Gasteiger partial charge in [0, 0.05) is 18.3 Å². The quantitative estimate of drug-likeness (QED) is 0.539. The highest BCUT2D eigenvalue weighted by atomic mass is 32.2. The average molecular weight is 446 g/mol. The summed E-state index contributed by atoms with van der Waals surface area (Å²) < 4.78 is 4.92. The zero-order valence-electron chi connectivity index (χ0n) is 17.6. The number of para-hydroxylation sites is 1. The van der Waals surface area contributed by atoms with Crippen LogP contribution in [0.2, 0.25) is 0 Å². The molecule has 2 unspecified atom stereocenters. The van der Waals surface area contributed by atoms with Crippen LogP contribution in [-0.2, 0) is 20.9 Å². The van der Waals surface area contributed by atoms with Crippen LogP contribution in [0.25, 0.3) is 0 Å². The first kappa shape index (κ1) is 22.8. The lowest BCUT2D eigenvalue weighted by Gasteiger charge is -2.23. The van der Waals surface area contributed by atoms with Crippen LogP contribution in [-0.4, -0.2) is 51.4 Å². The van der Waals surface area contributed by atoms with Crippen LogP contribution in [0.15, 0.2) is 34.9 Å². The van der Waals surface area contributed by atoms with Crippen molar-refractivity contribution in [3.8, 4) is 0 Å². The molecule has 2 heterocycles. The molecule has 0 aliphatic carbocycles. The van der Waals surface area contributed by atoms with Crippen LogP contribution < -0.4 is 16.4 Å². The van der Waals surface area contributed by atoms with Gasteiger partial charge < -0.3 is 20.9 Å². The minimum Gasteiger partial charge on any atom is -0.368 e. The molecule has 1 aromatic heterocycles. The smallest absolute Gasteiger partial charge is 0.238 e. The fourth-order valence-electron chi connectivity index (χ4n) is 3.45. The number of hydrogen-bond donors (Lipinski definition) is 3. The Balaban J connectivity index is 1.52. The Morgan fingerprint density at radius 1 is 1.32 bits per heavy atom. The summed E-state index contributed by atoms with van der Waals surface area (Å²) in [5, 5.41) is 8.86. The number of aryl methyl sites for hydroxylation is 1. The second kappa shape index (κ2) is 10.5. The summed E-state index contributed by atoms with van der Waals surface area (Å²) in [4.78, 5) is 38.4. The molecule has 1 aliphatic rings. The number of likely N-dealkylation sites (tertiary alicyclic amines) is 1. The Hall–Kier alpha value is -2.85. The molecule has 0 radical (unpaired) electrons. The molecule has 2 aromatic rings. The number of rotatable bonds is 9. The van der Waals surface area contributed by atoms with Crippen LogP contribution >= 0.6 is 11.8 Å². The van der Waals surface area contributed by atoms with Gasteiger partial charge in [-0.05, 0) is 44.9 Å². The first-order chi connectivity index (χ1) is 14.8. The van der Waals surface area contributed by atoms with E-state index in [4.69, 9.17) is 10.3 Å². The van der Waals surface area contributed by atoms with Crippen molar-refractivity contribution in [1.82, 2.24) is 10.1 Å². The molecule has 1 saturated heterocycles. The number of aromatic nitrogens is 1. The minimum absolute atomic E-state index is 0.119. The van der Waals surface area contributed by atoms with Crippen LogP contribution in [0, 0.1) is 6.92 Å². The first-order valence-corrected chi connectivity index (χ1v) is 11.1. The predicted octanol–water partition coefficient (Wildman–Crippen LogP) is 2.13. The maximum absolute atomic E-state index is 12.5. The molecule has 3 amide bonds. The Morgan fingerprint density at radius 3 is 2.81 bits per heavy atom. The third-order valence-electron chi connectivity index (χ3n) is 5.07. The van der Waals surface area contributed by atoms with E-state index < -0.39 is 5.25 Å². The topological polar surface area (TPSA) is 131 Å². The fraction of sp³-hybridized carbons (Fsp3) is 0.429. The van der Waals surface area contributed by atoms with Gasteiger partial charge in [-0.3, -0.25) is 19.3 Å². The van der Waals surface area contributed by atoms with Gasteiger partial charge >= 0.3 is 0 Å². The summed E-state index contributed by atoms with van der Waals surface area (Å²) in [6.45, 7) is 4.79. The maximum atomic E-state index is 12.5. The highest BCUT2D eigenvalue weighted by molar-refractivity contribution is 8.01. The molecule has 1 aromatic carbocycles. The summed E-state index contributed by atoms with van der Waals surface area (Å²) in [5.41, 5.74) is 7.12. The second-order valence-electron chi connectivity index (χ2n) is 7.50. The van der Waals surface area contributed by atoms with E-state index in [0.29, 0.717) is 23.8 Å². The van der Waals surface area contributed by atoms with Gasteiger partial charge in [0.05, 0.1) is 17.0 Å². The number of thioether (sulfide) groups is 1. The Labute approximate surface area is 185 Å². The summed E-state index contributed by atoms with van der Waals surface area (Å²) >= 11 is 1.23. The molecule has 31 heavy (non-hydrogen) atoms. The molecule has 10 heteroatoms. The molecule has 9 nitrogen and oxygen atoms in total. The molecule has 4 N–H and O–H groups in total. The molecular formula is C21H27N5O4S. The van der Waals surface area contributed by atoms with E-state index in [1.54, 1.807) is 19.9 Å². The second-order valence-corrected chi connectivity index (χ2v) is 8.83. The van der Waals surface area contributed by atoms with E-state index >= 15 is 0 Å². The number of nitrogens with one attached hydrogen (secondary N) is 2.